The molecule has 1 aliphatic heterocycles. The number of pyridine rings is 1. The Kier molecular flexibility index (Phi) is 10.2. The van der Waals surface area contributed by atoms with Gasteiger partial charge in [0.15, 0.2) is 0 Å². The van der Waals surface area contributed by atoms with Gasteiger partial charge < -0.3 is 21.0 Å². The predicted molar refractivity (Wildman–Crippen MR) is 110 cm³/mol. The molecule has 3 rings (SSSR count). The molecule has 0 unspecified atom stereocenters. The topological polar surface area (TPSA) is 117 Å². The fourth-order valence-electron chi connectivity index (χ4n) is 3.92. The van der Waals surface area contributed by atoms with E-state index in [0.717, 1.165) is 74.1 Å². The van der Waals surface area contributed by atoms with Gasteiger partial charge in [-0.1, -0.05) is 12.8 Å². The number of unbranched alkanes of at least 4 members (excludes halogenated alkanes) is 2. The number of aliphatic carboxylic acids is 1. The van der Waals surface area contributed by atoms with Crippen LogP contribution in [0.2, 0.25) is 0 Å². The van der Waals surface area contributed by atoms with Crippen LogP contribution in [0.4, 0.5) is 5.82 Å². The smallest absolute Gasteiger partial charge is 0.550 e. The minimum atomic E-state index is -1.03. The van der Waals surface area contributed by atoms with Crippen molar-refractivity contribution in [2.75, 3.05) is 11.9 Å². The molecule has 1 atom stereocenters. The Morgan fingerprint density at radius 2 is 2.03 bits per heavy atom. The second-order valence-corrected chi connectivity index (χ2v) is 7.77. The number of hydrogen-bond acceptors (Lipinski definition) is 7. The summed E-state index contributed by atoms with van der Waals surface area (Å²) in [6.45, 7) is 3.30. The number of nitrogens with zero attached hydrogens (tertiary/aromatic N) is 3. The summed E-state index contributed by atoms with van der Waals surface area (Å²) in [5, 5.41) is 14.5. The number of hydrogen-bond donors (Lipinski definition) is 2. The minimum Gasteiger partial charge on any atom is -0.550 e. The van der Waals surface area contributed by atoms with E-state index < -0.39 is 5.97 Å². The van der Waals surface area contributed by atoms with Gasteiger partial charge in [0.05, 0.1) is 0 Å². The van der Waals surface area contributed by atoms with Crippen LogP contribution in [0, 0.1) is 6.92 Å². The fourth-order valence-corrected chi connectivity index (χ4v) is 3.92. The second kappa shape index (κ2) is 12.3. The van der Waals surface area contributed by atoms with Crippen LogP contribution in [0.15, 0.2) is 18.5 Å². The molecule has 0 fully saturated rings. The Bertz CT molecular complexity index is 829. The van der Waals surface area contributed by atoms with E-state index in [0.29, 0.717) is 12.4 Å². The van der Waals surface area contributed by atoms with E-state index in [1.54, 1.807) is 12.4 Å². The summed E-state index contributed by atoms with van der Waals surface area (Å²) in [6, 6.07) is 2.21. The van der Waals surface area contributed by atoms with Crippen molar-refractivity contribution in [2.24, 2.45) is 5.73 Å². The summed E-state index contributed by atoms with van der Waals surface area (Å²) < 4.78 is 0. The van der Waals surface area contributed by atoms with Crippen LogP contribution in [0.25, 0.3) is 0 Å². The molecule has 2 aromatic rings. The summed E-state index contributed by atoms with van der Waals surface area (Å²) in [4.78, 5) is 24.3. The molecule has 7 nitrogen and oxygen atoms in total. The summed E-state index contributed by atoms with van der Waals surface area (Å²) in [5.74, 6) is 0.556. The van der Waals surface area contributed by atoms with Gasteiger partial charge in [0.2, 0.25) is 0 Å². The second-order valence-electron chi connectivity index (χ2n) is 7.77. The Hall–Kier alpha value is -1.54. The van der Waals surface area contributed by atoms with Crippen molar-refractivity contribution in [1.82, 2.24) is 15.0 Å². The van der Waals surface area contributed by atoms with Gasteiger partial charge in [-0.2, -0.15) is 0 Å². The van der Waals surface area contributed by atoms with E-state index in [1.165, 1.54) is 5.56 Å². The zero-order chi connectivity index (χ0) is 20.6. The number of carbonyl (C=O) groups is 1. The normalized spacial score (nSPS) is 13.7. The van der Waals surface area contributed by atoms with Crippen LogP contribution in [0.5, 0.6) is 0 Å². The maximum Gasteiger partial charge on any atom is 1.00 e. The van der Waals surface area contributed by atoms with Crippen molar-refractivity contribution in [3.63, 3.8) is 0 Å². The standard InChI is InChI=1S/C22H31N5O2.Na/c1-15-25-13-19(14-26-15)16(11-21(28)29)6-3-2-4-8-20-18(12-23)10-17-7-5-9-24-22(17)27-20;/h10,13-14,16H,2-9,11-12,23H2,1H3,(H,24,27)(H,28,29);/q;+1/p-1/t16-;/m0./s1. The van der Waals surface area contributed by atoms with Gasteiger partial charge in [0.25, 0.3) is 0 Å². The third-order valence-electron chi connectivity index (χ3n) is 5.56. The first kappa shape index (κ1) is 24.7. The van der Waals surface area contributed by atoms with E-state index in [1.807, 2.05) is 6.92 Å². The molecule has 0 aromatic carbocycles. The first-order valence-electron chi connectivity index (χ1n) is 10.5. The molecular weight excluding hydrogens is 389 g/mol. The average molecular weight is 420 g/mol. The molecular formula is C22H30N5NaO2. The Morgan fingerprint density at radius 1 is 1.27 bits per heavy atom. The molecule has 0 spiro atoms. The summed E-state index contributed by atoms with van der Waals surface area (Å²) in [5.41, 5.74) is 10.3. The Labute approximate surface area is 200 Å². The van der Waals surface area contributed by atoms with Gasteiger partial charge in [-0.25, -0.2) is 15.0 Å². The number of carboxylic acids is 1. The zero-order valence-electron chi connectivity index (χ0n) is 18.1. The first-order chi connectivity index (χ1) is 14.1. The number of carboxylic acid groups (broad SMARTS) is 1. The number of fused-ring (bicyclic) bond motifs is 1. The summed E-state index contributed by atoms with van der Waals surface area (Å²) >= 11 is 0. The van der Waals surface area contributed by atoms with E-state index in [-0.39, 0.29) is 41.9 Å². The van der Waals surface area contributed by atoms with E-state index in [2.05, 4.69) is 21.4 Å². The third kappa shape index (κ3) is 7.01. The van der Waals surface area contributed by atoms with Crippen molar-refractivity contribution < 1.29 is 39.5 Å². The van der Waals surface area contributed by atoms with Gasteiger partial charge in [0.1, 0.15) is 11.6 Å². The zero-order valence-corrected chi connectivity index (χ0v) is 20.1. The number of nitrogens with one attached hydrogen (secondary N) is 1. The predicted octanol–water partition coefficient (Wildman–Crippen LogP) is -0.972. The molecule has 8 heteroatoms. The van der Waals surface area contributed by atoms with Crippen molar-refractivity contribution >= 4 is 11.8 Å². The van der Waals surface area contributed by atoms with Crippen LogP contribution in [-0.2, 0) is 24.2 Å². The molecule has 3 N–H and O–H groups in total. The number of nitrogens with two attached hydrogens (primary N) is 1. The SMILES string of the molecule is Cc1ncc([C@@H](CCCCCc2nc3c(cc2CN)CCCN3)CC(=O)[O-])cn1.[Na+]. The molecule has 2 aromatic heterocycles. The Morgan fingerprint density at radius 3 is 2.73 bits per heavy atom. The monoisotopic (exact) mass is 419 g/mol. The maximum absolute atomic E-state index is 11.1. The van der Waals surface area contributed by atoms with Crippen LogP contribution in [0.1, 0.15) is 72.7 Å². The molecule has 0 amide bonds. The number of rotatable bonds is 10. The first-order valence-corrected chi connectivity index (χ1v) is 10.5. The van der Waals surface area contributed by atoms with E-state index >= 15 is 0 Å². The van der Waals surface area contributed by atoms with Crippen molar-refractivity contribution in [1.29, 1.82) is 0 Å². The van der Waals surface area contributed by atoms with Crippen LogP contribution < -0.4 is 45.7 Å². The number of carbonyl (C=O) groups excluding carboxylic acids is 1. The largest absolute Gasteiger partial charge is 1.00 e. The average Bonchev–Trinajstić information content (AvgIpc) is 2.72. The van der Waals surface area contributed by atoms with Crippen molar-refractivity contribution in [2.45, 2.75) is 70.8 Å². The molecule has 0 aliphatic carbocycles. The minimum absolute atomic E-state index is 0. The molecule has 0 saturated carbocycles. The molecule has 3 heterocycles. The van der Waals surface area contributed by atoms with E-state index in [4.69, 9.17) is 10.7 Å². The number of anilines is 1. The fraction of sp³-hybridized carbons (Fsp3) is 0.545. The maximum atomic E-state index is 11.1. The number of aryl methyl sites for hydroxylation is 3. The van der Waals surface area contributed by atoms with Crippen LogP contribution >= 0.6 is 0 Å². The molecule has 0 bridgehead atoms. The summed E-state index contributed by atoms with van der Waals surface area (Å²) in [7, 11) is 0. The van der Waals surface area contributed by atoms with Crippen molar-refractivity contribution in [3.8, 4) is 0 Å². The molecule has 0 radical (unpaired) electrons. The Balaban J connectivity index is 0.00000320. The summed E-state index contributed by atoms with van der Waals surface area (Å²) in [6.07, 6.45) is 10.3. The quantitative estimate of drug-likeness (QED) is 0.376. The van der Waals surface area contributed by atoms with Gasteiger partial charge in [-0.05, 0) is 74.1 Å². The molecule has 156 valence electrons. The third-order valence-corrected chi connectivity index (χ3v) is 5.56. The van der Waals surface area contributed by atoms with Crippen LogP contribution in [0.3, 0.4) is 0 Å². The number of aromatic nitrogens is 3. The molecule has 1 aliphatic rings. The molecule has 30 heavy (non-hydrogen) atoms. The van der Waals surface area contributed by atoms with Gasteiger partial charge >= 0.3 is 29.6 Å². The molecule has 0 saturated heterocycles. The van der Waals surface area contributed by atoms with Gasteiger partial charge in [-0.15, -0.1) is 0 Å². The van der Waals surface area contributed by atoms with Crippen molar-refractivity contribution in [3.05, 3.63) is 46.7 Å². The van der Waals surface area contributed by atoms with Gasteiger partial charge in [-0.3, -0.25) is 0 Å². The van der Waals surface area contributed by atoms with E-state index in [9.17, 15) is 9.90 Å². The van der Waals surface area contributed by atoms with Crippen LogP contribution in [-0.4, -0.2) is 27.5 Å². The van der Waals surface area contributed by atoms with Gasteiger partial charge in [0, 0.05) is 37.1 Å².